The first-order valence-corrected chi connectivity index (χ1v) is 6.56. The van der Waals surface area contributed by atoms with E-state index in [0.29, 0.717) is 0 Å². The van der Waals surface area contributed by atoms with E-state index in [1.165, 1.54) is 5.56 Å². The van der Waals surface area contributed by atoms with Gasteiger partial charge < -0.3 is 4.57 Å². The van der Waals surface area contributed by atoms with Crippen molar-refractivity contribution >= 4 is 23.3 Å². The summed E-state index contributed by atoms with van der Waals surface area (Å²) in [6, 6.07) is 16.3. The molecular formula is C18H15NO. The number of hydrogen-bond acceptors (Lipinski definition) is 1. The molecule has 3 rings (SSSR count). The predicted molar refractivity (Wildman–Crippen MR) is 83.0 cm³/mol. The van der Waals surface area contributed by atoms with Gasteiger partial charge in [-0.2, -0.15) is 0 Å². The maximum atomic E-state index is 11.1. The molecule has 0 unspecified atom stereocenters. The summed E-state index contributed by atoms with van der Waals surface area (Å²) >= 11 is 0. The Morgan fingerprint density at radius 2 is 1.80 bits per heavy atom. The van der Waals surface area contributed by atoms with Gasteiger partial charge in [0.1, 0.15) is 0 Å². The largest absolute Gasteiger partial charge is 0.342 e. The highest BCUT2D eigenvalue weighted by atomic mass is 16.1. The molecule has 3 aromatic rings. The number of aldehydes is 1. The zero-order valence-corrected chi connectivity index (χ0v) is 11.1. The second-order valence-electron chi connectivity index (χ2n) is 4.79. The number of benzene rings is 2. The molecule has 0 saturated carbocycles. The number of fused-ring (bicyclic) bond motifs is 1. The first-order valence-electron chi connectivity index (χ1n) is 6.56. The Labute approximate surface area is 118 Å². The maximum absolute atomic E-state index is 11.1. The highest BCUT2D eigenvalue weighted by molar-refractivity contribution is 5.97. The van der Waals surface area contributed by atoms with E-state index in [-0.39, 0.29) is 0 Å². The van der Waals surface area contributed by atoms with Crippen molar-refractivity contribution in [3.05, 3.63) is 78.0 Å². The van der Waals surface area contributed by atoms with Gasteiger partial charge in [-0.25, -0.2) is 0 Å². The van der Waals surface area contributed by atoms with E-state index in [1.54, 1.807) is 0 Å². The number of carbonyl (C=O) groups excluding carboxylic acids is 1. The lowest BCUT2D eigenvalue weighted by atomic mass is 10.1. The standard InChI is InChI=1S/C18H15NO/c1-2-14-7-9-15(10-8-14)11-19-12-16(13-20)17-5-3-4-6-18(17)19/h2-10,12-13H,1,11H2. The highest BCUT2D eigenvalue weighted by Gasteiger charge is 2.07. The molecule has 0 aliphatic carbocycles. The van der Waals surface area contributed by atoms with Crippen molar-refractivity contribution in [2.24, 2.45) is 0 Å². The van der Waals surface area contributed by atoms with E-state index in [4.69, 9.17) is 0 Å². The molecule has 0 aliphatic rings. The number of nitrogens with zero attached hydrogens (tertiary/aromatic N) is 1. The van der Waals surface area contributed by atoms with Gasteiger partial charge >= 0.3 is 0 Å². The van der Waals surface area contributed by atoms with Crippen molar-refractivity contribution in [3.63, 3.8) is 0 Å². The van der Waals surface area contributed by atoms with Crippen LogP contribution >= 0.6 is 0 Å². The molecule has 0 N–H and O–H groups in total. The van der Waals surface area contributed by atoms with E-state index in [1.807, 2.05) is 36.5 Å². The molecule has 0 bridgehead atoms. The molecule has 20 heavy (non-hydrogen) atoms. The second kappa shape index (κ2) is 5.17. The molecule has 0 spiro atoms. The molecule has 0 atom stereocenters. The van der Waals surface area contributed by atoms with E-state index < -0.39 is 0 Å². The van der Waals surface area contributed by atoms with Gasteiger partial charge in [0.2, 0.25) is 0 Å². The molecule has 1 heterocycles. The van der Waals surface area contributed by atoms with Gasteiger partial charge in [0.15, 0.2) is 6.29 Å². The van der Waals surface area contributed by atoms with E-state index in [9.17, 15) is 4.79 Å². The summed E-state index contributed by atoms with van der Waals surface area (Å²) in [6.07, 6.45) is 4.66. The van der Waals surface area contributed by atoms with Crippen molar-refractivity contribution in [3.8, 4) is 0 Å². The summed E-state index contributed by atoms with van der Waals surface area (Å²) < 4.78 is 2.11. The van der Waals surface area contributed by atoms with Crippen LogP contribution in [-0.2, 0) is 6.54 Å². The smallest absolute Gasteiger partial charge is 0.152 e. The topological polar surface area (TPSA) is 22.0 Å². The zero-order chi connectivity index (χ0) is 13.9. The van der Waals surface area contributed by atoms with Crippen molar-refractivity contribution in [2.75, 3.05) is 0 Å². The van der Waals surface area contributed by atoms with E-state index in [0.717, 1.165) is 34.9 Å². The maximum Gasteiger partial charge on any atom is 0.152 e. The number of carbonyl (C=O) groups is 1. The summed E-state index contributed by atoms with van der Waals surface area (Å²) in [6.45, 7) is 4.51. The fourth-order valence-corrected chi connectivity index (χ4v) is 2.46. The summed E-state index contributed by atoms with van der Waals surface area (Å²) in [5, 5.41) is 1.00. The Morgan fingerprint density at radius 1 is 1.05 bits per heavy atom. The van der Waals surface area contributed by atoms with Crippen LogP contribution in [0.5, 0.6) is 0 Å². The fraction of sp³-hybridized carbons (Fsp3) is 0.0556. The third-order valence-electron chi connectivity index (χ3n) is 3.51. The minimum absolute atomic E-state index is 0.739. The Bertz CT molecular complexity index is 766. The minimum atomic E-state index is 0.739. The monoisotopic (exact) mass is 261 g/mol. The average molecular weight is 261 g/mol. The van der Waals surface area contributed by atoms with Crippen LogP contribution in [-0.4, -0.2) is 10.9 Å². The molecular weight excluding hydrogens is 246 g/mol. The van der Waals surface area contributed by atoms with E-state index >= 15 is 0 Å². The Kier molecular flexibility index (Phi) is 3.21. The summed E-state index contributed by atoms with van der Waals surface area (Å²) in [5.74, 6) is 0. The first-order chi connectivity index (χ1) is 9.81. The normalized spacial score (nSPS) is 10.6. The van der Waals surface area contributed by atoms with Gasteiger partial charge in [-0.3, -0.25) is 4.79 Å². The number of hydrogen-bond donors (Lipinski definition) is 0. The van der Waals surface area contributed by atoms with Crippen LogP contribution in [0.25, 0.3) is 17.0 Å². The van der Waals surface area contributed by atoms with Crippen LogP contribution < -0.4 is 0 Å². The molecule has 0 amide bonds. The lowest BCUT2D eigenvalue weighted by Gasteiger charge is -2.06. The van der Waals surface area contributed by atoms with Crippen molar-refractivity contribution < 1.29 is 4.79 Å². The molecule has 0 aliphatic heterocycles. The van der Waals surface area contributed by atoms with Crippen molar-refractivity contribution in [2.45, 2.75) is 6.54 Å². The molecule has 2 aromatic carbocycles. The minimum Gasteiger partial charge on any atom is -0.342 e. The zero-order valence-electron chi connectivity index (χ0n) is 11.1. The van der Waals surface area contributed by atoms with Crippen LogP contribution in [0.2, 0.25) is 0 Å². The van der Waals surface area contributed by atoms with Gasteiger partial charge in [0.05, 0.1) is 0 Å². The van der Waals surface area contributed by atoms with E-state index in [2.05, 4.69) is 35.4 Å². The van der Waals surface area contributed by atoms with Gasteiger partial charge in [-0.05, 0) is 17.2 Å². The van der Waals surface area contributed by atoms with Crippen molar-refractivity contribution in [1.29, 1.82) is 0 Å². The molecule has 2 heteroatoms. The van der Waals surface area contributed by atoms with Crippen LogP contribution in [0.3, 0.4) is 0 Å². The first kappa shape index (κ1) is 12.4. The Hall–Kier alpha value is -2.61. The molecule has 0 saturated heterocycles. The third kappa shape index (κ3) is 2.16. The Morgan fingerprint density at radius 3 is 2.50 bits per heavy atom. The highest BCUT2D eigenvalue weighted by Crippen LogP contribution is 2.21. The molecule has 0 radical (unpaired) electrons. The molecule has 1 aromatic heterocycles. The van der Waals surface area contributed by atoms with Crippen LogP contribution in [0.15, 0.2) is 61.3 Å². The van der Waals surface area contributed by atoms with Crippen LogP contribution in [0, 0.1) is 0 Å². The molecule has 98 valence electrons. The van der Waals surface area contributed by atoms with Crippen molar-refractivity contribution in [1.82, 2.24) is 4.57 Å². The van der Waals surface area contributed by atoms with Crippen LogP contribution in [0.4, 0.5) is 0 Å². The van der Waals surface area contributed by atoms with Gasteiger partial charge in [-0.1, -0.05) is 55.1 Å². The molecule has 2 nitrogen and oxygen atoms in total. The lowest BCUT2D eigenvalue weighted by Crippen LogP contribution is -1.97. The lowest BCUT2D eigenvalue weighted by molar-refractivity contribution is 0.112. The second-order valence-corrected chi connectivity index (χ2v) is 4.79. The van der Waals surface area contributed by atoms with Gasteiger partial charge in [0, 0.05) is 29.2 Å². The summed E-state index contributed by atoms with van der Waals surface area (Å²) in [7, 11) is 0. The van der Waals surface area contributed by atoms with Gasteiger partial charge in [-0.15, -0.1) is 0 Å². The number of aromatic nitrogens is 1. The summed E-state index contributed by atoms with van der Waals surface area (Å²) in [5.41, 5.74) is 4.14. The third-order valence-corrected chi connectivity index (χ3v) is 3.51. The molecule has 0 fully saturated rings. The van der Waals surface area contributed by atoms with Gasteiger partial charge in [0.25, 0.3) is 0 Å². The van der Waals surface area contributed by atoms with Crippen LogP contribution in [0.1, 0.15) is 21.5 Å². The SMILES string of the molecule is C=Cc1ccc(Cn2cc(C=O)c3ccccc32)cc1. The predicted octanol–water partition coefficient (Wildman–Crippen LogP) is 4.15. The average Bonchev–Trinajstić information content (AvgIpc) is 2.86. The number of rotatable bonds is 4. The number of para-hydroxylation sites is 1. The Balaban J connectivity index is 2.01. The fourth-order valence-electron chi connectivity index (χ4n) is 2.46. The summed E-state index contributed by atoms with van der Waals surface area (Å²) in [4.78, 5) is 11.1. The quantitative estimate of drug-likeness (QED) is 0.647.